The smallest absolute Gasteiger partial charge is 0.339 e. The van der Waals surface area contributed by atoms with Gasteiger partial charge in [0.2, 0.25) is 11.9 Å². The van der Waals surface area contributed by atoms with E-state index >= 15 is 0 Å². The molecule has 4 N–H and O–H groups in total. The third kappa shape index (κ3) is 5.20. The maximum Gasteiger partial charge on any atom is 0.339 e. The number of carbonyl (C=O) groups is 1. The molecular weight excluding hydrogens is 432 g/mol. The number of imidazole rings is 1. The number of aliphatic hydroxyl groups excluding tert-OH is 1. The largest absolute Gasteiger partial charge is 0.394 e. The molecular formula is C22H26N4O5S. The van der Waals surface area contributed by atoms with E-state index in [2.05, 4.69) is 20.6 Å². The molecule has 1 heterocycles. The number of nitrogens with one attached hydrogen (secondary N) is 3. The van der Waals surface area contributed by atoms with Gasteiger partial charge in [0.05, 0.1) is 17.6 Å². The number of nitrogens with zero attached hydrogens (tertiary/aromatic N) is 1. The lowest BCUT2D eigenvalue weighted by Crippen LogP contribution is -2.23. The van der Waals surface area contributed by atoms with E-state index in [-0.39, 0.29) is 35.1 Å². The molecule has 1 amide bonds. The van der Waals surface area contributed by atoms with Gasteiger partial charge < -0.3 is 19.6 Å². The molecule has 1 fully saturated rings. The first-order valence-electron chi connectivity index (χ1n) is 10.6. The summed E-state index contributed by atoms with van der Waals surface area (Å²) in [6.45, 7) is 2.03. The van der Waals surface area contributed by atoms with Gasteiger partial charge in [0.25, 0.3) is 0 Å². The molecule has 0 saturated heterocycles. The van der Waals surface area contributed by atoms with E-state index in [0.29, 0.717) is 17.0 Å². The number of aromatic nitrogens is 2. The third-order valence-corrected chi connectivity index (χ3v) is 6.48. The number of H-pyrrole nitrogens is 1. The van der Waals surface area contributed by atoms with Crippen molar-refractivity contribution in [2.75, 3.05) is 17.2 Å². The van der Waals surface area contributed by atoms with Crippen LogP contribution in [0.15, 0.2) is 47.4 Å². The molecule has 10 heteroatoms. The Kier molecular flexibility index (Phi) is 6.33. The zero-order valence-corrected chi connectivity index (χ0v) is 18.5. The van der Waals surface area contributed by atoms with Crippen molar-refractivity contribution in [2.45, 2.75) is 43.5 Å². The molecule has 32 heavy (non-hydrogen) atoms. The van der Waals surface area contributed by atoms with Crippen LogP contribution in [0.3, 0.4) is 0 Å². The second kappa shape index (κ2) is 9.17. The van der Waals surface area contributed by atoms with Crippen molar-refractivity contribution in [3.63, 3.8) is 0 Å². The van der Waals surface area contributed by atoms with E-state index in [0.717, 1.165) is 31.4 Å². The van der Waals surface area contributed by atoms with Gasteiger partial charge in [-0.2, -0.15) is 8.42 Å². The number of hydrogen-bond acceptors (Lipinski definition) is 7. The zero-order chi connectivity index (χ0) is 22.7. The highest BCUT2D eigenvalue weighted by molar-refractivity contribution is 7.87. The van der Waals surface area contributed by atoms with E-state index in [1.807, 2.05) is 6.92 Å². The zero-order valence-electron chi connectivity index (χ0n) is 17.7. The molecule has 1 aromatic heterocycles. The second-order valence-electron chi connectivity index (χ2n) is 7.90. The van der Waals surface area contributed by atoms with Gasteiger partial charge in [0.1, 0.15) is 10.6 Å². The van der Waals surface area contributed by atoms with Gasteiger partial charge in [-0.25, -0.2) is 4.98 Å². The minimum Gasteiger partial charge on any atom is -0.394 e. The minimum atomic E-state index is -4.04. The Balaban J connectivity index is 1.45. The molecule has 4 rings (SSSR count). The Morgan fingerprint density at radius 2 is 2.00 bits per heavy atom. The summed E-state index contributed by atoms with van der Waals surface area (Å²) in [5.74, 6) is 0.426. The number of aromatic amines is 1. The minimum absolute atomic E-state index is 0.00134. The summed E-state index contributed by atoms with van der Waals surface area (Å²) in [5.41, 5.74) is 1.85. The first-order valence-corrected chi connectivity index (χ1v) is 12.0. The van der Waals surface area contributed by atoms with Crippen LogP contribution in [0.25, 0.3) is 11.0 Å². The molecule has 1 aliphatic rings. The van der Waals surface area contributed by atoms with E-state index in [1.54, 1.807) is 18.2 Å². The van der Waals surface area contributed by atoms with Gasteiger partial charge in [0.15, 0.2) is 0 Å². The van der Waals surface area contributed by atoms with Crippen LogP contribution in [0.1, 0.15) is 32.6 Å². The van der Waals surface area contributed by atoms with Gasteiger partial charge >= 0.3 is 10.1 Å². The van der Waals surface area contributed by atoms with Crippen LogP contribution in [0.4, 0.5) is 11.6 Å². The van der Waals surface area contributed by atoms with Crippen molar-refractivity contribution in [1.82, 2.24) is 9.97 Å². The molecule has 0 radical (unpaired) electrons. The Hall–Kier alpha value is -3.11. The summed E-state index contributed by atoms with van der Waals surface area (Å²) in [5, 5.41) is 15.3. The Morgan fingerprint density at radius 3 is 2.66 bits per heavy atom. The molecule has 1 aliphatic carbocycles. The van der Waals surface area contributed by atoms with Crippen molar-refractivity contribution in [1.29, 1.82) is 0 Å². The van der Waals surface area contributed by atoms with Crippen molar-refractivity contribution in [3.05, 3.63) is 42.5 Å². The van der Waals surface area contributed by atoms with E-state index < -0.39 is 10.1 Å². The van der Waals surface area contributed by atoms with Crippen molar-refractivity contribution in [2.24, 2.45) is 5.92 Å². The topological polar surface area (TPSA) is 133 Å². The van der Waals surface area contributed by atoms with Crippen molar-refractivity contribution >= 4 is 38.7 Å². The normalized spacial score (nSPS) is 14.8. The van der Waals surface area contributed by atoms with Crippen molar-refractivity contribution < 1.29 is 22.5 Å². The quantitative estimate of drug-likeness (QED) is 0.343. The molecule has 0 aliphatic heterocycles. The van der Waals surface area contributed by atoms with Crippen LogP contribution in [-0.4, -0.2) is 42.0 Å². The summed E-state index contributed by atoms with van der Waals surface area (Å²) in [6, 6.07) is 10.8. The lowest BCUT2D eigenvalue weighted by Gasteiger charge is -2.17. The fourth-order valence-corrected chi connectivity index (χ4v) is 4.27. The lowest BCUT2D eigenvalue weighted by molar-refractivity contribution is -0.117. The SMILES string of the molecule is CCCC(CO)Nc1ccc(S(=O)(=O)Oc2ccc3[nH]c(NC(=O)C4CC4)nc3c2)cc1. The predicted molar refractivity (Wildman–Crippen MR) is 121 cm³/mol. The second-order valence-corrected chi connectivity index (χ2v) is 9.45. The van der Waals surface area contributed by atoms with E-state index in [1.165, 1.54) is 24.3 Å². The van der Waals surface area contributed by atoms with Crippen LogP contribution in [0.2, 0.25) is 0 Å². The van der Waals surface area contributed by atoms with Crippen LogP contribution >= 0.6 is 0 Å². The summed E-state index contributed by atoms with van der Waals surface area (Å²) in [7, 11) is -4.04. The van der Waals surface area contributed by atoms with Crippen LogP contribution in [0, 0.1) is 5.92 Å². The monoisotopic (exact) mass is 458 g/mol. The van der Waals surface area contributed by atoms with Crippen LogP contribution < -0.4 is 14.8 Å². The highest BCUT2D eigenvalue weighted by Gasteiger charge is 2.30. The summed E-state index contributed by atoms with van der Waals surface area (Å²) >= 11 is 0. The molecule has 1 atom stereocenters. The molecule has 0 bridgehead atoms. The molecule has 0 spiro atoms. The molecule has 1 saturated carbocycles. The van der Waals surface area contributed by atoms with E-state index in [4.69, 9.17) is 4.18 Å². The summed E-state index contributed by atoms with van der Waals surface area (Å²) in [6.07, 6.45) is 3.51. The van der Waals surface area contributed by atoms with Gasteiger partial charge in [-0.15, -0.1) is 0 Å². The number of rotatable bonds is 10. The van der Waals surface area contributed by atoms with Gasteiger partial charge in [-0.05, 0) is 55.7 Å². The number of benzene rings is 2. The Morgan fingerprint density at radius 1 is 1.25 bits per heavy atom. The van der Waals surface area contributed by atoms with E-state index in [9.17, 15) is 18.3 Å². The van der Waals surface area contributed by atoms with Gasteiger partial charge in [-0.1, -0.05) is 13.3 Å². The molecule has 3 aromatic rings. The Bertz CT molecular complexity index is 1200. The average molecular weight is 459 g/mol. The standard InChI is InChI=1S/C22H26N4O5S/c1-2-3-16(13-27)23-15-6-9-18(10-7-15)32(29,30)31-17-8-11-19-20(12-17)25-22(24-19)26-21(28)14-4-5-14/h6-12,14,16,23,27H,2-5,13H2,1H3,(H2,24,25,26,28). The van der Waals surface area contributed by atoms with Gasteiger partial charge in [-0.3, -0.25) is 10.1 Å². The maximum atomic E-state index is 12.7. The molecule has 2 aromatic carbocycles. The highest BCUT2D eigenvalue weighted by Crippen LogP contribution is 2.30. The number of carbonyl (C=O) groups excluding carboxylic acids is 1. The van der Waals surface area contributed by atoms with Crippen molar-refractivity contribution in [3.8, 4) is 5.75 Å². The maximum absolute atomic E-state index is 12.7. The number of aliphatic hydroxyl groups is 1. The number of fused-ring (bicyclic) bond motifs is 1. The number of amides is 1. The first-order chi connectivity index (χ1) is 15.4. The van der Waals surface area contributed by atoms with Crippen LogP contribution in [-0.2, 0) is 14.9 Å². The van der Waals surface area contributed by atoms with Crippen LogP contribution in [0.5, 0.6) is 5.75 Å². The first kappa shape index (κ1) is 22.1. The lowest BCUT2D eigenvalue weighted by atomic mass is 10.1. The molecule has 9 nitrogen and oxygen atoms in total. The average Bonchev–Trinajstić information content (AvgIpc) is 3.54. The predicted octanol–water partition coefficient (Wildman–Crippen LogP) is 3.25. The summed E-state index contributed by atoms with van der Waals surface area (Å²) < 4.78 is 30.7. The number of anilines is 2. The molecule has 1 unspecified atom stereocenters. The van der Waals surface area contributed by atoms with Gasteiger partial charge in [0, 0.05) is 23.7 Å². The highest BCUT2D eigenvalue weighted by atomic mass is 32.2. The fraction of sp³-hybridized carbons (Fsp3) is 0.364. The fourth-order valence-electron chi connectivity index (χ4n) is 3.35. The third-order valence-electron chi connectivity index (χ3n) is 5.22. The summed E-state index contributed by atoms with van der Waals surface area (Å²) in [4.78, 5) is 19.2. The molecule has 170 valence electrons. The number of hydrogen-bond donors (Lipinski definition) is 4. The Labute approximate surface area is 186 Å².